The molecule has 1 aromatic carbocycles. The van der Waals surface area contributed by atoms with Gasteiger partial charge in [-0.25, -0.2) is 4.39 Å². The number of hydrogen-bond acceptors (Lipinski definition) is 3. The van der Waals surface area contributed by atoms with E-state index < -0.39 is 0 Å². The molecular formula is C15H20FN3. The molecular weight excluding hydrogens is 241 g/mol. The van der Waals surface area contributed by atoms with Gasteiger partial charge in [0.15, 0.2) is 0 Å². The number of halogens is 1. The van der Waals surface area contributed by atoms with Gasteiger partial charge in [0.05, 0.1) is 12.5 Å². The molecule has 1 saturated heterocycles. The average Bonchev–Trinajstić information content (AvgIpc) is 2.49. The van der Waals surface area contributed by atoms with Gasteiger partial charge < -0.3 is 10.2 Å². The Kier molecular flexibility index (Phi) is 4.06. The monoisotopic (exact) mass is 261 g/mol. The van der Waals surface area contributed by atoms with Crippen molar-refractivity contribution in [1.29, 1.82) is 5.26 Å². The van der Waals surface area contributed by atoms with Gasteiger partial charge in [-0.15, -0.1) is 0 Å². The Morgan fingerprint density at radius 1 is 1.53 bits per heavy atom. The number of nitrogens with one attached hydrogen (secondary N) is 1. The van der Waals surface area contributed by atoms with Crippen LogP contribution in [0.2, 0.25) is 0 Å². The summed E-state index contributed by atoms with van der Waals surface area (Å²) < 4.78 is 13.4. The lowest BCUT2D eigenvalue weighted by Gasteiger charge is -2.39. The molecule has 19 heavy (non-hydrogen) atoms. The second-order valence-electron chi connectivity index (χ2n) is 5.67. The van der Waals surface area contributed by atoms with Gasteiger partial charge in [0.25, 0.3) is 0 Å². The normalized spacial score (nSPS) is 22.6. The number of hydrogen-bond donors (Lipinski definition) is 1. The lowest BCUT2D eigenvalue weighted by atomic mass is 9.97. The lowest BCUT2D eigenvalue weighted by molar-refractivity contribution is 0.451. The van der Waals surface area contributed by atoms with Gasteiger partial charge in [-0.3, -0.25) is 0 Å². The van der Waals surface area contributed by atoms with Crippen LogP contribution < -0.4 is 10.2 Å². The molecule has 0 aromatic heterocycles. The van der Waals surface area contributed by atoms with Crippen molar-refractivity contribution in [3.63, 3.8) is 0 Å². The third-order valence-corrected chi connectivity index (χ3v) is 3.76. The van der Waals surface area contributed by atoms with Crippen LogP contribution in [0.5, 0.6) is 0 Å². The van der Waals surface area contributed by atoms with E-state index >= 15 is 0 Å². The van der Waals surface area contributed by atoms with Gasteiger partial charge in [-0.2, -0.15) is 5.26 Å². The van der Waals surface area contributed by atoms with E-state index in [0.717, 1.165) is 25.2 Å². The van der Waals surface area contributed by atoms with E-state index in [-0.39, 0.29) is 17.4 Å². The first-order chi connectivity index (χ1) is 9.03. The molecule has 0 aliphatic carbocycles. The minimum absolute atomic E-state index is 0.0506. The fourth-order valence-corrected chi connectivity index (χ4v) is 2.60. The maximum Gasteiger partial charge on any atom is 0.125 e. The molecule has 1 heterocycles. The zero-order chi connectivity index (χ0) is 13.9. The van der Waals surface area contributed by atoms with Crippen molar-refractivity contribution in [2.75, 3.05) is 18.0 Å². The van der Waals surface area contributed by atoms with E-state index in [9.17, 15) is 4.39 Å². The summed E-state index contributed by atoms with van der Waals surface area (Å²) in [4.78, 5) is 2.21. The van der Waals surface area contributed by atoms with Crippen LogP contribution in [-0.2, 0) is 0 Å². The number of anilines is 1. The third kappa shape index (κ3) is 3.24. The molecule has 0 saturated carbocycles. The van der Waals surface area contributed by atoms with E-state index in [4.69, 9.17) is 5.26 Å². The maximum absolute atomic E-state index is 13.4. The summed E-state index contributed by atoms with van der Waals surface area (Å²) in [6, 6.07) is 9.04. The van der Waals surface area contributed by atoms with E-state index in [1.54, 1.807) is 12.1 Å². The minimum atomic E-state index is -0.220. The van der Waals surface area contributed by atoms with Crippen molar-refractivity contribution in [3.8, 4) is 6.07 Å². The number of benzene rings is 1. The molecule has 4 heteroatoms. The van der Waals surface area contributed by atoms with Crippen LogP contribution in [0.3, 0.4) is 0 Å². The molecule has 102 valence electrons. The van der Waals surface area contributed by atoms with Gasteiger partial charge in [0.2, 0.25) is 0 Å². The van der Waals surface area contributed by atoms with Crippen molar-refractivity contribution in [2.24, 2.45) is 0 Å². The molecule has 0 radical (unpaired) electrons. The van der Waals surface area contributed by atoms with Crippen molar-refractivity contribution in [1.82, 2.24) is 5.32 Å². The average molecular weight is 261 g/mol. The fourth-order valence-electron chi connectivity index (χ4n) is 2.60. The van der Waals surface area contributed by atoms with Gasteiger partial charge in [0, 0.05) is 23.8 Å². The topological polar surface area (TPSA) is 39.1 Å². The molecule has 0 bridgehead atoms. The Bertz CT molecular complexity index is 479. The van der Waals surface area contributed by atoms with Crippen molar-refractivity contribution < 1.29 is 4.39 Å². The Morgan fingerprint density at radius 3 is 3.00 bits per heavy atom. The molecule has 1 aliphatic rings. The second kappa shape index (κ2) is 5.58. The maximum atomic E-state index is 13.4. The summed E-state index contributed by atoms with van der Waals surface area (Å²) in [7, 11) is 0. The van der Waals surface area contributed by atoms with Crippen LogP contribution >= 0.6 is 0 Å². The molecule has 1 aliphatic heterocycles. The zero-order valence-corrected chi connectivity index (χ0v) is 11.5. The van der Waals surface area contributed by atoms with E-state index in [1.807, 2.05) is 6.07 Å². The Hall–Kier alpha value is -1.60. The highest BCUT2D eigenvalue weighted by atomic mass is 19.1. The smallest absolute Gasteiger partial charge is 0.125 e. The summed E-state index contributed by atoms with van der Waals surface area (Å²) in [5, 5.41) is 12.3. The molecule has 1 unspecified atom stereocenters. The summed E-state index contributed by atoms with van der Waals surface area (Å²) in [6.07, 6.45) is 1.44. The lowest BCUT2D eigenvalue weighted by Crippen LogP contribution is -2.46. The van der Waals surface area contributed by atoms with Gasteiger partial charge >= 0.3 is 0 Å². The summed E-state index contributed by atoms with van der Waals surface area (Å²) in [5.74, 6) is -0.220. The van der Waals surface area contributed by atoms with Crippen molar-refractivity contribution >= 4 is 5.69 Å². The number of nitrogens with zero attached hydrogens (tertiary/aromatic N) is 2. The van der Waals surface area contributed by atoms with Crippen molar-refractivity contribution in [2.45, 2.75) is 38.3 Å². The first-order valence-electron chi connectivity index (χ1n) is 6.66. The number of rotatable bonds is 2. The first-order valence-corrected chi connectivity index (χ1v) is 6.66. The molecule has 1 aromatic rings. The van der Waals surface area contributed by atoms with Gasteiger partial charge in [0.1, 0.15) is 5.82 Å². The zero-order valence-electron chi connectivity index (χ0n) is 11.5. The van der Waals surface area contributed by atoms with Crippen LogP contribution in [-0.4, -0.2) is 24.7 Å². The van der Waals surface area contributed by atoms with Gasteiger partial charge in [-0.1, -0.05) is 6.07 Å². The Morgan fingerprint density at radius 2 is 2.32 bits per heavy atom. The largest absolute Gasteiger partial charge is 0.365 e. The van der Waals surface area contributed by atoms with E-state index in [1.165, 1.54) is 6.07 Å². The molecule has 0 amide bonds. The van der Waals surface area contributed by atoms with E-state index in [2.05, 4.69) is 30.1 Å². The second-order valence-corrected chi connectivity index (χ2v) is 5.67. The van der Waals surface area contributed by atoms with Gasteiger partial charge in [-0.05, 0) is 45.0 Å². The van der Waals surface area contributed by atoms with E-state index in [0.29, 0.717) is 6.42 Å². The van der Waals surface area contributed by atoms with Crippen LogP contribution in [0, 0.1) is 17.1 Å². The molecule has 1 atom stereocenters. The highest BCUT2D eigenvalue weighted by Crippen LogP contribution is 2.29. The predicted molar refractivity (Wildman–Crippen MR) is 74.5 cm³/mol. The molecule has 1 fully saturated rings. The summed E-state index contributed by atoms with van der Waals surface area (Å²) in [5.41, 5.74) is 0.835. The van der Waals surface area contributed by atoms with Crippen LogP contribution in [0.25, 0.3) is 0 Å². The molecule has 0 spiro atoms. The minimum Gasteiger partial charge on any atom is -0.365 e. The first kappa shape index (κ1) is 13.8. The summed E-state index contributed by atoms with van der Waals surface area (Å²) in [6.45, 7) is 5.93. The van der Waals surface area contributed by atoms with Crippen molar-refractivity contribution in [3.05, 3.63) is 30.1 Å². The Balaban J connectivity index is 2.29. The standard InChI is InChI=1S/C15H20FN3/c1-15(2)7-9-18-13(6-8-17)11-19(15)14-5-3-4-12(16)10-14/h3-5,10,13,18H,6-7,9,11H2,1-2H3. The van der Waals surface area contributed by atoms with Crippen LogP contribution in [0.4, 0.5) is 10.1 Å². The predicted octanol–water partition coefficient (Wildman–Crippen LogP) is 2.69. The molecule has 1 N–H and O–H groups in total. The quantitative estimate of drug-likeness (QED) is 0.889. The SMILES string of the molecule is CC1(C)CCNC(CC#N)CN1c1cccc(F)c1. The molecule has 3 nitrogen and oxygen atoms in total. The van der Waals surface area contributed by atoms with Crippen LogP contribution in [0.1, 0.15) is 26.7 Å². The highest BCUT2D eigenvalue weighted by Gasteiger charge is 2.31. The summed E-state index contributed by atoms with van der Waals surface area (Å²) >= 11 is 0. The Labute approximate surface area is 114 Å². The number of nitriles is 1. The third-order valence-electron chi connectivity index (χ3n) is 3.76. The highest BCUT2D eigenvalue weighted by molar-refractivity contribution is 5.49. The molecule has 2 rings (SSSR count). The fraction of sp³-hybridized carbons (Fsp3) is 0.533. The van der Waals surface area contributed by atoms with Crippen LogP contribution in [0.15, 0.2) is 24.3 Å².